The van der Waals surface area contributed by atoms with E-state index in [1.165, 1.54) is 6.07 Å². The normalized spacial score (nSPS) is 11.2. The van der Waals surface area contributed by atoms with Crippen molar-refractivity contribution in [3.8, 4) is 0 Å². The van der Waals surface area contributed by atoms with Gasteiger partial charge in [-0.05, 0) is 12.5 Å². The molecule has 0 atom stereocenters. The summed E-state index contributed by atoms with van der Waals surface area (Å²) in [4.78, 5) is 14.6. The fraction of sp³-hybridized carbons (Fsp3) is 0.462. The van der Waals surface area contributed by atoms with E-state index in [1.807, 2.05) is 0 Å². The summed E-state index contributed by atoms with van der Waals surface area (Å²) in [5.74, 6) is 0.405. The zero-order chi connectivity index (χ0) is 14.8. The molecule has 7 heteroatoms. The minimum Gasteiger partial charge on any atom is -0.378 e. The van der Waals surface area contributed by atoms with Gasteiger partial charge in [0.25, 0.3) is 5.69 Å². The second kappa shape index (κ2) is 8.73. The van der Waals surface area contributed by atoms with Crippen molar-refractivity contribution in [2.75, 3.05) is 25.0 Å². The second-order valence-electron chi connectivity index (χ2n) is 4.25. The number of hydrogen-bond donors (Lipinski definition) is 3. The van der Waals surface area contributed by atoms with E-state index in [0.717, 1.165) is 12.8 Å². The molecule has 0 bridgehead atoms. The lowest BCUT2D eigenvalue weighted by Gasteiger charge is -2.08. The summed E-state index contributed by atoms with van der Waals surface area (Å²) in [5, 5.41) is 16.8. The number of guanidine groups is 1. The summed E-state index contributed by atoms with van der Waals surface area (Å²) < 4.78 is 0. The molecule has 1 aromatic carbocycles. The number of nitro groups is 1. The lowest BCUT2D eigenvalue weighted by Crippen LogP contribution is -2.35. The van der Waals surface area contributed by atoms with E-state index >= 15 is 0 Å². The minimum absolute atomic E-state index is 0.0667. The SMILES string of the molecule is CCCCN=C(N)NCCNc1ccccc1[N+](=O)[O-]. The molecule has 0 saturated carbocycles. The Morgan fingerprint density at radius 2 is 2.15 bits per heavy atom. The van der Waals surface area contributed by atoms with E-state index in [-0.39, 0.29) is 5.69 Å². The smallest absolute Gasteiger partial charge is 0.292 e. The topological polar surface area (TPSA) is 106 Å². The number of nitrogens with one attached hydrogen (secondary N) is 2. The number of unbranched alkanes of at least 4 members (excludes halogenated alkanes) is 1. The first-order chi connectivity index (χ1) is 9.65. The van der Waals surface area contributed by atoms with Crippen molar-refractivity contribution in [2.24, 2.45) is 10.7 Å². The fourth-order valence-electron chi connectivity index (χ4n) is 1.58. The third-order valence-electron chi connectivity index (χ3n) is 2.64. The zero-order valence-corrected chi connectivity index (χ0v) is 11.6. The third kappa shape index (κ3) is 5.55. The summed E-state index contributed by atoms with van der Waals surface area (Å²) in [6.07, 6.45) is 2.09. The highest BCUT2D eigenvalue weighted by Crippen LogP contribution is 2.22. The molecule has 0 aliphatic rings. The van der Waals surface area contributed by atoms with Crippen molar-refractivity contribution in [2.45, 2.75) is 19.8 Å². The second-order valence-corrected chi connectivity index (χ2v) is 4.25. The van der Waals surface area contributed by atoms with E-state index in [0.29, 0.717) is 31.3 Å². The molecule has 20 heavy (non-hydrogen) atoms. The predicted octanol–water partition coefficient (Wildman–Crippen LogP) is 1.71. The average molecular weight is 279 g/mol. The summed E-state index contributed by atoms with van der Waals surface area (Å²) in [6, 6.07) is 6.54. The van der Waals surface area contributed by atoms with E-state index in [9.17, 15) is 10.1 Å². The molecular weight excluding hydrogens is 258 g/mol. The molecule has 0 fully saturated rings. The number of aliphatic imine (C=N–C) groups is 1. The molecule has 0 amide bonds. The number of anilines is 1. The lowest BCUT2D eigenvalue weighted by atomic mass is 10.2. The van der Waals surface area contributed by atoms with Gasteiger partial charge in [-0.1, -0.05) is 25.5 Å². The van der Waals surface area contributed by atoms with Gasteiger partial charge in [0.15, 0.2) is 5.96 Å². The number of hydrogen-bond acceptors (Lipinski definition) is 4. The van der Waals surface area contributed by atoms with Crippen LogP contribution in [0.2, 0.25) is 0 Å². The van der Waals surface area contributed by atoms with Gasteiger partial charge in [-0.15, -0.1) is 0 Å². The minimum atomic E-state index is -0.406. The fourth-order valence-corrected chi connectivity index (χ4v) is 1.58. The number of nitro benzene ring substituents is 1. The van der Waals surface area contributed by atoms with Crippen molar-refractivity contribution in [3.05, 3.63) is 34.4 Å². The van der Waals surface area contributed by atoms with Crippen molar-refractivity contribution in [1.29, 1.82) is 0 Å². The van der Waals surface area contributed by atoms with Gasteiger partial charge in [-0.25, -0.2) is 0 Å². The number of benzene rings is 1. The average Bonchev–Trinajstić information content (AvgIpc) is 2.44. The van der Waals surface area contributed by atoms with Gasteiger partial charge in [0.2, 0.25) is 0 Å². The predicted molar refractivity (Wildman–Crippen MR) is 81.0 cm³/mol. The Balaban J connectivity index is 2.34. The van der Waals surface area contributed by atoms with Crippen LogP contribution in [0.5, 0.6) is 0 Å². The largest absolute Gasteiger partial charge is 0.378 e. The molecule has 0 spiro atoms. The number of nitrogens with two attached hydrogens (primary N) is 1. The van der Waals surface area contributed by atoms with Crippen molar-refractivity contribution in [3.63, 3.8) is 0 Å². The van der Waals surface area contributed by atoms with Crippen LogP contribution in [0.25, 0.3) is 0 Å². The number of nitrogens with zero attached hydrogens (tertiary/aromatic N) is 2. The van der Waals surface area contributed by atoms with Crippen LogP contribution in [-0.4, -0.2) is 30.5 Å². The Labute approximate surface area is 118 Å². The quantitative estimate of drug-likeness (QED) is 0.221. The maximum Gasteiger partial charge on any atom is 0.292 e. The zero-order valence-electron chi connectivity index (χ0n) is 11.6. The molecule has 0 radical (unpaired) electrons. The highest BCUT2D eigenvalue weighted by atomic mass is 16.6. The molecule has 7 nitrogen and oxygen atoms in total. The highest BCUT2D eigenvalue weighted by molar-refractivity contribution is 5.77. The highest BCUT2D eigenvalue weighted by Gasteiger charge is 2.10. The van der Waals surface area contributed by atoms with Crippen LogP contribution < -0.4 is 16.4 Å². The number of rotatable bonds is 8. The van der Waals surface area contributed by atoms with Crippen LogP contribution in [-0.2, 0) is 0 Å². The van der Waals surface area contributed by atoms with Crippen LogP contribution in [0, 0.1) is 10.1 Å². The molecule has 110 valence electrons. The summed E-state index contributed by atoms with van der Waals surface area (Å²) >= 11 is 0. The Bertz CT molecular complexity index is 462. The van der Waals surface area contributed by atoms with Gasteiger partial charge >= 0.3 is 0 Å². The van der Waals surface area contributed by atoms with Crippen LogP contribution in [0.4, 0.5) is 11.4 Å². The molecule has 0 aliphatic heterocycles. The van der Waals surface area contributed by atoms with E-state index < -0.39 is 4.92 Å². The maximum absolute atomic E-state index is 10.8. The Kier molecular flexibility index (Phi) is 6.88. The van der Waals surface area contributed by atoms with Crippen LogP contribution in [0.1, 0.15) is 19.8 Å². The van der Waals surface area contributed by atoms with E-state index in [4.69, 9.17) is 5.73 Å². The lowest BCUT2D eigenvalue weighted by molar-refractivity contribution is -0.384. The van der Waals surface area contributed by atoms with E-state index in [2.05, 4.69) is 22.5 Å². The van der Waals surface area contributed by atoms with Gasteiger partial charge in [-0.2, -0.15) is 0 Å². The van der Waals surface area contributed by atoms with Crippen molar-refractivity contribution >= 4 is 17.3 Å². The van der Waals surface area contributed by atoms with Gasteiger partial charge < -0.3 is 16.4 Å². The maximum atomic E-state index is 10.8. The van der Waals surface area contributed by atoms with Crippen LogP contribution in [0.3, 0.4) is 0 Å². The standard InChI is InChI=1S/C13H21N5O2/c1-2-3-8-16-13(14)17-10-9-15-11-6-4-5-7-12(11)18(19)20/h4-7,15H,2-3,8-10H2,1H3,(H3,14,16,17). The first-order valence-electron chi connectivity index (χ1n) is 6.66. The first-order valence-corrected chi connectivity index (χ1v) is 6.66. The molecule has 0 aliphatic carbocycles. The Morgan fingerprint density at radius 1 is 1.40 bits per heavy atom. The van der Waals surface area contributed by atoms with Crippen LogP contribution in [0.15, 0.2) is 29.3 Å². The molecule has 0 unspecified atom stereocenters. The van der Waals surface area contributed by atoms with Crippen LogP contribution >= 0.6 is 0 Å². The molecule has 4 N–H and O–H groups in total. The van der Waals surface area contributed by atoms with E-state index in [1.54, 1.807) is 18.2 Å². The molecule has 0 heterocycles. The van der Waals surface area contributed by atoms with Gasteiger partial charge in [0.05, 0.1) is 4.92 Å². The van der Waals surface area contributed by atoms with Crippen molar-refractivity contribution < 1.29 is 4.92 Å². The molecule has 1 rings (SSSR count). The molecule has 1 aromatic rings. The summed E-state index contributed by atoms with van der Waals surface area (Å²) in [7, 11) is 0. The van der Waals surface area contributed by atoms with Gasteiger partial charge in [-0.3, -0.25) is 15.1 Å². The summed E-state index contributed by atoms with van der Waals surface area (Å²) in [5.41, 5.74) is 6.24. The third-order valence-corrected chi connectivity index (χ3v) is 2.64. The molecule has 0 saturated heterocycles. The Hall–Kier alpha value is -2.31. The number of para-hydroxylation sites is 2. The van der Waals surface area contributed by atoms with Gasteiger partial charge in [0.1, 0.15) is 5.69 Å². The van der Waals surface area contributed by atoms with Gasteiger partial charge in [0, 0.05) is 25.7 Å². The molecule has 0 aromatic heterocycles. The molecular formula is C13H21N5O2. The monoisotopic (exact) mass is 279 g/mol. The Morgan fingerprint density at radius 3 is 2.85 bits per heavy atom. The summed E-state index contributed by atoms with van der Waals surface area (Å²) in [6.45, 7) is 3.88. The van der Waals surface area contributed by atoms with Crippen molar-refractivity contribution in [1.82, 2.24) is 5.32 Å². The first kappa shape index (κ1) is 15.7.